The van der Waals surface area contributed by atoms with Crippen LogP contribution in [0.3, 0.4) is 0 Å². The molecule has 0 aliphatic heterocycles. The van der Waals surface area contributed by atoms with E-state index < -0.39 is 22.0 Å². The minimum atomic E-state index is -4.63. The van der Waals surface area contributed by atoms with Crippen molar-refractivity contribution in [2.24, 2.45) is 0 Å². The molecule has 0 unspecified atom stereocenters. The zero-order valence-corrected chi connectivity index (χ0v) is 15.3. The lowest BCUT2D eigenvalue weighted by Gasteiger charge is -2.13. The van der Waals surface area contributed by atoms with Crippen molar-refractivity contribution in [3.8, 4) is 0 Å². The van der Waals surface area contributed by atoms with E-state index in [1.165, 1.54) is 18.2 Å². The second-order valence-electron chi connectivity index (χ2n) is 5.93. The molecular weight excluding hydrogens is 379 g/mol. The minimum Gasteiger partial charge on any atom is -0.319 e. The van der Waals surface area contributed by atoms with Crippen molar-refractivity contribution in [1.29, 1.82) is 0 Å². The summed E-state index contributed by atoms with van der Waals surface area (Å²) in [5, 5.41) is 0. The van der Waals surface area contributed by atoms with Gasteiger partial charge in [0.2, 0.25) is 15.8 Å². The standard InChI is InChI=1S/C18H18F3N3O2S/c1-2-13-7-3-6-10-16(13)27(25,26)22-11-12-24-15-9-5-4-8-14(15)23-17(24)18(19,20)21/h3-10,22H,2,11-12H2,1H3. The maximum absolute atomic E-state index is 13.3. The van der Waals surface area contributed by atoms with Crippen molar-refractivity contribution < 1.29 is 21.6 Å². The number of fused-ring (bicyclic) bond motifs is 1. The van der Waals surface area contributed by atoms with Crippen LogP contribution in [-0.4, -0.2) is 24.5 Å². The second-order valence-corrected chi connectivity index (χ2v) is 7.67. The molecule has 0 bridgehead atoms. The molecule has 0 aliphatic carbocycles. The van der Waals surface area contributed by atoms with Crippen LogP contribution in [0.25, 0.3) is 11.0 Å². The highest BCUT2D eigenvalue weighted by molar-refractivity contribution is 7.89. The van der Waals surface area contributed by atoms with E-state index >= 15 is 0 Å². The number of hydrogen-bond donors (Lipinski definition) is 1. The molecular formula is C18H18F3N3O2S. The molecule has 3 rings (SSSR count). The number of hydrogen-bond acceptors (Lipinski definition) is 3. The van der Waals surface area contributed by atoms with E-state index in [1.807, 2.05) is 6.92 Å². The van der Waals surface area contributed by atoms with Crippen LogP contribution in [0.15, 0.2) is 53.4 Å². The molecule has 1 aromatic heterocycles. The van der Waals surface area contributed by atoms with E-state index in [2.05, 4.69) is 9.71 Å². The number of alkyl halides is 3. The number of imidazole rings is 1. The van der Waals surface area contributed by atoms with Crippen molar-refractivity contribution >= 4 is 21.1 Å². The Labute approximate surface area is 154 Å². The molecule has 0 fully saturated rings. The number of sulfonamides is 1. The first kappa shape index (κ1) is 19.4. The molecule has 0 saturated heterocycles. The average molecular weight is 397 g/mol. The molecule has 2 aromatic carbocycles. The average Bonchev–Trinajstić information content (AvgIpc) is 3.01. The minimum absolute atomic E-state index is 0.138. The highest BCUT2D eigenvalue weighted by Gasteiger charge is 2.37. The second kappa shape index (κ2) is 7.32. The fourth-order valence-corrected chi connectivity index (χ4v) is 4.28. The molecule has 27 heavy (non-hydrogen) atoms. The lowest BCUT2D eigenvalue weighted by Crippen LogP contribution is -2.29. The zero-order chi connectivity index (χ0) is 19.7. The summed E-state index contributed by atoms with van der Waals surface area (Å²) in [6, 6.07) is 12.8. The van der Waals surface area contributed by atoms with Gasteiger partial charge < -0.3 is 4.57 Å². The van der Waals surface area contributed by atoms with Crippen LogP contribution < -0.4 is 4.72 Å². The number of halogens is 3. The van der Waals surface area contributed by atoms with Crippen LogP contribution in [0.1, 0.15) is 18.3 Å². The SMILES string of the molecule is CCc1ccccc1S(=O)(=O)NCCn1c(C(F)(F)F)nc2ccccc21. The topological polar surface area (TPSA) is 64.0 Å². The van der Waals surface area contributed by atoms with Crippen LogP contribution >= 0.6 is 0 Å². The van der Waals surface area contributed by atoms with Gasteiger partial charge in [0.15, 0.2) is 0 Å². The van der Waals surface area contributed by atoms with Gasteiger partial charge >= 0.3 is 6.18 Å². The first-order chi connectivity index (χ1) is 12.7. The van der Waals surface area contributed by atoms with Gasteiger partial charge in [0, 0.05) is 13.1 Å². The zero-order valence-electron chi connectivity index (χ0n) is 14.5. The van der Waals surface area contributed by atoms with Gasteiger partial charge in [0.1, 0.15) is 0 Å². The highest BCUT2D eigenvalue weighted by atomic mass is 32.2. The molecule has 0 radical (unpaired) electrons. The Kier molecular flexibility index (Phi) is 5.25. The number of aryl methyl sites for hydroxylation is 1. The number of benzene rings is 2. The van der Waals surface area contributed by atoms with Gasteiger partial charge in [0.25, 0.3) is 0 Å². The monoisotopic (exact) mass is 397 g/mol. The van der Waals surface area contributed by atoms with Crippen LogP contribution in [0.5, 0.6) is 0 Å². The molecule has 9 heteroatoms. The fraction of sp³-hybridized carbons (Fsp3) is 0.278. The maximum atomic E-state index is 13.3. The number of aromatic nitrogens is 2. The number of para-hydroxylation sites is 2. The number of rotatable bonds is 6. The Balaban J connectivity index is 1.85. The third-order valence-corrected chi connectivity index (χ3v) is 5.74. The molecule has 0 saturated carbocycles. The van der Waals surface area contributed by atoms with Crippen molar-refractivity contribution in [1.82, 2.24) is 14.3 Å². The van der Waals surface area contributed by atoms with Crippen molar-refractivity contribution in [2.45, 2.75) is 31.0 Å². The first-order valence-corrected chi connectivity index (χ1v) is 9.82. The maximum Gasteiger partial charge on any atom is 0.449 e. The number of nitrogens with zero attached hydrogens (tertiary/aromatic N) is 2. The van der Waals surface area contributed by atoms with Crippen LogP contribution in [0.4, 0.5) is 13.2 Å². The molecule has 0 amide bonds. The van der Waals surface area contributed by atoms with E-state index in [1.54, 1.807) is 30.3 Å². The van der Waals surface area contributed by atoms with Gasteiger partial charge in [-0.05, 0) is 30.2 Å². The summed E-state index contributed by atoms with van der Waals surface area (Å²) in [4.78, 5) is 3.78. The first-order valence-electron chi connectivity index (χ1n) is 8.34. The smallest absolute Gasteiger partial charge is 0.319 e. The van der Waals surface area contributed by atoms with Gasteiger partial charge in [0.05, 0.1) is 15.9 Å². The molecule has 0 aliphatic rings. The van der Waals surface area contributed by atoms with E-state index in [9.17, 15) is 21.6 Å². The highest BCUT2D eigenvalue weighted by Crippen LogP contribution is 2.31. The molecule has 144 valence electrons. The quantitative estimate of drug-likeness (QED) is 0.691. The fourth-order valence-electron chi connectivity index (χ4n) is 2.95. The summed E-state index contributed by atoms with van der Waals surface area (Å²) in [5.41, 5.74) is 1.16. The van der Waals surface area contributed by atoms with E-state index in [0.29, 0.717) is 17.5 Å². The summed E-state index contributed by atoms with van der Waals surface area (Å²) in [6.07, 6.45) is -4.10. The summed E-state index contributed by atoms with van der Waals surface area (Å²) >= 11 is 0. The van der Waals surface area contributed by atoms with Crippen molar-refractivity contribution in [3.63, 3.8) is 0 Å². The van der Waals surface area contributed by atoms with E-state index in [-0.39, 0.29) is 23.5 Å². The largest absolute Gasteiger partial charge is 0.449 e. The van der Waals surface area contributed by atoms with E-state index in [0.717, 1.165) is 4.57 Å². The van der Waals surface area contributed by atoms with Gasteiger partial charge in [-0.1, -0.05) is 37.3 Å². The Hall–Kier alpha value is -2.39. The summed E-state index contributed by atoms with van der Waals surface area (Å²) in [5.74, 6) is -1.04. The molecule has 1 heterocycles. The third-order valence-electron chi connectivity index (χ3n) is 4.18. The molecule has 3 aromatic rings. The third kappa shape index (κ3) is 3.98. The normalized spacial score (nSPS) is 12.6. The number of nitrogens with one attached hydrogen (secondary N) is 1. The molecule has 1 N–H and O–H groups in total. The van der Waals surface area contributed by atoms with Crippen LogP contribution in [0.2, 0.25) is 0 Å². The van der Waals surface area contributed by atoms with Gasteiger partial charge in [-0.15, -0.1) is 0 Å². The predicted molar refractivity (Wildman–Crippen MR) is 95.7 cm³/mol. The predicted octanol–water partition coefficient (Wildman–Crippen LogP) is 3.60. The van der Waals surface area contributed by atoms with E-state index in [4.69, 9.17) is 0 Å². The van der Waals surface area contributed by atoms with Crippen molar-refractivity contribution in [3.05, 3.63) is 59.9 Å². The van der Waals surface area contributed by atoms with Gasteiger partial charge in [-0.25, -0.2) is 18.1 Å². The Bertz CT molecular complexity index is 1060. The summed E-state index contributed by atoms with van der Waals surface area (Å²) in [7, 11) is -3.82. The summed E-state index contributed by atoms with van der Waals surface area (Å²) in [6.45, 7) is 1.45. The van der Waals surface area contributed by atoms with Crippen LogP contribution in [-0.2, 0) is 29.2 Å². The Morgan fingerprint density at radius 2 is 1.74 bits per heavy atom. The Morgan fingerprint density at radius 3 is 2.44 bits per heavy atom. The summed E-state index contributed by atoms with van der Waals surface area (Å²) < 4.78 is 68.3. The lowest BCUT2D eigenvalue weighted by molar-refractivity contribution is -0.146. The van der Waals surface area contributed by atoms with Gasteiger partial charge in [-0.2, -0.15) is 13.2 Å². The molecule has 0 spiro atoms. The van der Waals surface area contributed by atoms with Crippen molar-refractivity contribution in [2.75, 3.05) is 6.54 Å². The molecule has 0 atom stereocenters. The lowest BCUT2D eigenvalue weighted by atomic mass is 10.2. The van der Waals surface area contributed by atoms with Gasteiger partial charge in [-0.3, -0.25) is 0 Å². The van der Waals surface area contributed by atoms with Crippen LogP contribution in [0, 0.1) is 0 Å². The Morgan fingerprint density at radius 1 is 1.07 bits per heavy atom. The molecule has 5 nitrogen and oxygen atoms in total.